The number of ether oxygens (including phenoxy) is 5. The van der Waals surface area contributed by atoms with Crippen molar-refractivity contribution in [2.75, 3.05) is 26.9 Å². The summed E-state index contributed by atoms with van der Waals surface area (Å²) in [5.74, 6) is -0.298. The third kappa shape index (κ3) is 6.24. The third-order valence-corrected chi connectivity index (χ3v) is 4.86. The molecule has 0 aliphatic carbocycles. The number of carbonyl (C=O) groups excluding carboxylic acids is 2. The number of hydrogen-bond donors (Lipinski definition) is 1. The second-order valence-corrected chi connectivity index (χ2v) is 7.51. The van der Waals surface area contributed by atoms with Crippen LogP contribution in [0.25, 0.3) is 0 Å². The summed E-state index contributed by atoms with van der Waals surface area (Å²) in [5, 5.41) is 2.86. The average molecular weight is 465 g/mol. The van der Waals surface area contributed by atoms with Crippen molar-refractivity contribution < 1.29 is 42.1 Å². The molecular formula is C23H25F2NO7. The van der Waals surface area contributed by atoms with E-state index in [0.29, 0.717) is 24.7 Å². The molecule has 0 fully saturated rings. The van der Waals surface area contributed by atoms with Crippen molar-refractivity contribution >= 4 is 11.9 Å². The van der Waals surface area contributed by atoms with Gasteiger partial charge in [0.15, 0.2) is 29.6 Å². The fourth-order valence-electron chi connectivity index (χ4n) is 3.31. The second kappa shape index (κ2) is 10.8. The van der Waals surface area contributed by atoms with Gasteiger partial charge in [0.1, 0.15) is 13.2 Å². The Morgan fingerprint density at radius 1 is 1.03 bits per heavy atom. The first kappa shape index (κ1) is 24.1. The molecule has 0 saturated heterocycles. The van der Waals surface area contributed by atoms with Crippen LogP contribution in [0.2, 0.25) is 0 Å². The lowest BCUT2D eigenvalue weighted by Crippen LogP contribution is -2.35. The highest BCUT2D eigenvalue weighted by Crippen LogP contribution is 2.34. The predicted molar refractivity (Wildman–Crippen MR) is 113 cm³/mol. The molecule has 1 aliphatic rings. The van der Waals surface area contributed by atoms with Crippen molar-refractivity contribution in [3.8, 4) is 23.0 Å². The van der Waals surface area contributed by atoms with E-state index in [1.54, 1.807) is 6.07 Å². The lowest BCUT2D eigenvalue weighted by Gasteiger charge is -2.25. The second-order valence-electron chi connectivity index (χ2n) is 7.51. The highest BCUT2D eigenvalue weighted by molar-refractivity contribution is 5.92. The number of methoxy groups -OCH3 is 1. The molecular weight excluding hydrogens is 440 g/mol. The van der Waals surface area contributed by atoms with Crippen molar-refractivity contribution in [3.05, 3.63) is 47.5 Å². The van der Waals surface area contributed by atoms with E-state index in [2.05, 4.69) is 10.1 Å². The maximum atomic E-state index is 12.5. The minimum absolute atomic E-state index is 0.0218. The summed E-state index contributed by atoms with van der Waals surface area (Å²) in [5.41, 5.74) is 0.849. The van der Waals surface area contributed by atoms with E-state index in [9.17, 15) is 18.4 Å². The molecule has 0 unspecified atom stereocenters. The quantitative estimate of drug-likeness (QED) is 0.564. The number of halogens is 2. The van der Waals surface area contributed by atoms with E-state index in [4.69, 9.17) is 18.9 Å². The van der Waals surface area contributed by atoms with Gasteiger partial charge in [-0.2, -0.15) is 8.78 Å². The van der Waals surface area contributed by atoms with Crippen LogP contribution in [0.3, 0.4) is 0 Å². The summed E-state index contributed by atoms with van der Waals surface area (Å²) in [6.07, 6.45) is 0. The molecule has 0 radical (unpaired) electrons. The Kier molecular flexibility index (Phi) is 7.92. The summed E-state index contributed by atoms with van der Waals surface area (Å²) < 4.78 is 50.4. The molecule has 8 nitrogen and oxygen atoms in total. The minimum Gasteiger partial charge on any atom is -0.493 e. The Morgan fingerprint density at radius 3 is 2.42 bits per heavy atom. The largest absolute Gasteiger partial charge is 0.493 e. The number of fused-ring (bicyclic) bond motifs is 1. The molecule has 0 aromatic heterocycles. The predicted octanol–water partition coefficient (Wildman–Crippen LogP) is 3.74. The maximum absolute atomic E-state index is 12.5. The van der Waals surface area contributed by atoms with Crippen LogP contribution in [-0.2, 0) is 9.53 Å². The van der Waals surface area contributed by atoms with E-state index in [-0.39, 0.29) is 29.0 Å². The van der Waals surface area contributed by atoms with Crippen LogP contribution in [0.5, 0.6) is 23.0 Å². The van der Waals surface area contributed by atoms with E-state index in [0.717, 1.165) is 5.56 Å². The van der Waals surface area contributed by atoms with Gasteiger partial charge in [-0.1, -0.05) is 19.9 Å². The Labute approximate surface area is 189 Å². The van der Waals surface area contributed by atoms with Gasteiger partial charge in [0.25, 0.3) is 5.91 Å². The van der Waals surface area contributed by atoms with Crippen LogP contribution >= 0.6 is 0 Å². The molecule has 1 amide bonds. The van der Waals surface area contributed by atoms with E-state index < -0.39 is 25.1 Å². The molecule has 1 aliphatic heterocycles. The first-order valence-corrected chi connectivity index (χ1v) is 10.3. The molecule has 2 aromatic carbocycles. The average Bonchev–Trinajstić information content (AvgIpc) is 2.80. The highest BCUT2D eigenvalue weighted by atomic mass is 19.3. The fraction of sp³-hybridized carbons (Fsp3) is 0.391. The number of carbonyl (C=O) groups is 2. The Bertz CT molecular complexity index is 997. The fourth-order valence-corrected chi connectivity index (χ4v) is 3.31. The van der Waals surface area contributed by atoms with Crippen LogP contribution in [0.1, 0.15) is 35.8 Å². The molecule has 2 aromatic rings. The van der Waals surface area contributed by atoms with Crippen LogP contribution in [-0.4, -0.2) is 45.4 Å². The van der Waals surface area contributed by atoms with Gasteiger partial charge in [0.05, 0.1) is 18.7 Å². The molecule has 1 atom stereocenters. The van der Waals surface area contributed by atoms with Crippen molar-refractivity contribution in [1.29, 1.82) is 0 Å². The van der Waals surface area contributed by atoms with Crippen LogP contribution in [0.15, 0.2) is 36.4 Å². The maximum Gasteiger partial charge on any atom is 0.387 e. The highest BCUT2D eigenvalue weighted by Gasteiger charge is 2.22. The van der Waals surface area contributed by atoms with Crippen molar-refractivity contribution in [1.82, 2.24) is 5.32 Å². The molecule has 3 rings (SSSR count). The molecule has 0 spiro atoms. The van der Waals surface area contributed by atoms with E-state index in [1.807, 2.05) is 26.0 Å². The minimum atomic E-state index is -3.04. The van der Waals surface area contributed by atoms with E-state index >= 15 is 0 Å². The van der Waals surface area contributed by atoms with Gasteiger partial charge >= 0.3 is 12.6 Å². The standard InChI is InChI=1S/C23H25F2NO7/c1-13(2)21(14-4-6-16-19(10-14)31-9-8-30-16)26-20(27)12-32-22(28)15-5-7-17(33-23(24)25)18(11-15)29-3/h4-7,10-11,13,21,23H,8-9,12H2,1-3H3,(H,26,27)/t21-/m1/s1. The number of alkyl halides is 2. The van der Waals surface area contributed by atoms with Gasteiger partial charge in [-0.25, -0.2) is 4.79 Å². The summed E-state index contributed by atoms with van der Waals surface area (Å²) in [6, 6.07) is 8.72. The van der Waals surface area contributed by atoms with Crippen LogP contribution in [0, 0.1) is 5.92 Å². The number of nitrogens with one attached hydrogen (secondary N) is 1. The van der Waals surface area contributed by atoms with Gasteiger partial charge in [0, 0.05) is 0 Å². The smallest absolute Gasteiger partial charge is 0.387 e. The Morgan fingerprint density at radius 2 is 1.76 bits per heavy atom. The summed E-state index contributed by atoms with van der Waals surface area (Å²) in [7, 11) is 1.25. The number of benzene rings is 2. The van der Waals surface area contributed by atoms with Gasteiger partial charge in [-0.3, -0.25) is 4.79 Å². The van der Waals surface area contributed by atoms with Gasteiger partial charge in [-0.15, -0.1) is 0 Å². The zero-order valence-electron chi connectivity index (χ0n) is 18.4. The summed E-state index contributed by atoms with van der Waals surface area (Å²) >= 11 is 0. The summed E-state index contributed by atoms with van der Waals surface area (Å²) in [6.45, 7) is 1.26. The topological polar surface area (TPSA) is 92.3 Å². The molecule has 0 bridgehead atoms. The normalized spacial score (nSPS) is 13.4. The molecule has 178 valence electrons. The van der Waals surface area contributed by atoms with Crippen molar-refractivity contribution in [3.63, 3.8) is 0 Å². The van der Waals surface area contributed by atoms with Gasteiger partial charge in [-0.05, 0) is 41.8 Å². The molecule has 33 heavy (non-hydrogen) atoms. The number of amides is 1. The molecule has 10 heteroatoms. The Hall–Kier alpha value is -3.56. The monoisotopic (exact) mass is 465 g/mol. The first-order chi connectivity index (χ1) is 15.8. The SMILES string of the molecule is COc1cc(C(=O)OCC(=O)N[C@@H](c2ccc3c(c2)OCCO3)C(C)C)ccc1OC(F)F. The van der Waals surface area contributed by atoms with Gasteiger partial charge < -0.3 is 29.0 Å². The third-order valence-electron chi connectivity index (χ3n) is 4.86. The Balaban J connectivity index is 1.62. The van der Waals surface area contributed by atoms with E-state index in [1.165, 1.54) is 25.3 Å². The van der Waals surface area contributed by atoms with Crippen LogP contribution in [0.4, 0.5) is 8.78 Å². The lowest BCUT2D eigenvalue weighted by molar-refractivity contribution is -0.125. The number of rotatable bonds is 9. The summed E-state index contributed by atoms with van der Waals surface area (Å²) in [4.78, 5) is 24.8. The van der Waals surface area contributed by atoms with Crippen molar-refractivity contribution in [2.24, 2.45) is 5.92 Å². The molecule has 0 saturated carbocycles. The molecule has 1 N–H and O–H groups in total. The zero-order valence-corrected chi connectivity index (χ0v) is 18.4. The lowest BCUT2D eigenvalue weighted by atomic mass is 9.95. The first-order valence-electron chi connectivity index (χ1n) is 10.3. The zero-order chi connectivity index (χ0) is 24.0. The van der Waals surface area contributed by atoms with Gasteiger partial charge in [0.2, 0.25) is 0 Å². The number of hydrogen-bond acceptors (Lipinski definition) is 7. The molecule has 1 heterocycles. The van der Waals surface area contributed by atoms with Crippen LogP contribution < -0.4 is 24.3 Å². The number of esters is 1. The van der Waals surface area contributed by atoms with Crippen molar-refractivity contribution in [2.45, 2.75) is 26.5 Å².